The van der Waals surface area contributed by atoms with Crippen molar-refractivity contribution in [1.82, 2.24) is 14.8 Å². The number of furan rings is 1. The third kappa shape index (κ3) is 3.48. The fraction of sp³-hybridized carbons (Fsp3) is 0.0526. The Morgan fingerprint density at radius 2 is 1.78 bits per heavy atom. The minimum atomic E-state index is -0.529. The van der Waals surface area contributed by atoms with Crippen molar-refractivity contribution < 1.29 is 17.6 Å². The van der Waals surface area contributed by atoms with Crippen molar-refractivity contribution in [2.45, 2.75) is 10.9 Å². The lowest BCUT2D eigenvalue weighted by Gasteiger charge is -2.10. The SMILES string of the molecule is Fc1ccc(F)c(CSc2nnc(-c3ccco3)n2-c2ccccc2F)c1. The molecule has 2 heterocycles. The van der Waals surface area contributed by atoms with E-state index in [9.17, 15) is 13.2 Å². The van der Waals surface area contributed by atoms with Crippen LogP contribution in [0.5, 0.6) is 0 Å². The highest BCUT2D eigenvalue weighted by atomic mass is 32.2. The molecule has 0 saturated heterocycles. The first-order valence-electron chi connectivity index (χ1n) is 7.94. The summed E-state index contributed by atoms with van der Waals surface area (Å²) in [7, 11) is 0. The number of rotatable bonds is 5. The number of halogens is 3. The Bertz CT molecular complexity index is 1080. The van der Waals surface area contributed by atoms with E-state index in [4.69, 9.17) is 4.42 Å². The number of benzene rings is 2. The Balaban J connectivity index is 1.75. The van der Waals surface area contributed by atoms with E-state index in [1.165, 1.54) is 16.9 Å². The molecule has 0 atom stereocenters. The zero-order chi connectivity index (χ0) is 18.8. The van der Waals surface area contributed by atoms with Crippen LogP contribution < -0.4 is 0 Å². The first kappa shape index (κ1) is 17.4. The lowest BCUT2D eigenvalue weighted by Crippen LogP contribution is -2.02. The van der Waals surface area contributed by atoms with Gasteiger partial charge in [-0.05, 0) is 42.5 Å². The molecule has 0 bridgehead atoms. The van der Waals surface area contributed by atoms with Gasteiger partial charge in [-0.2, -0.15) is 0 Å². The minimum absolute atomic E-state index is 0.105. The largest absolute Gasteiger partial charge is 0.461 e. The van der Waals surface area contributed by atoms with E-state index in [1.807, 2.05) is 0 Å². The zero-order valence-corrected chi connectivity index (χ0v) is 14.6. The van der Waals surface area contributed by atoms with Crippen molar-refractivity contribution in [3.8, 4) is 17.3 Å². The number of thioether (sulfide) groups is 1. The van der Waals surface area contributed by atoms with Crippen molar-refractivity contribution >= 4 is 11.8 Å². The molecule has 0 radical (unpaired) electrons. The van der Waals surface area contributed by atoms with E-state index in [-0.39, 0.29) is 17.0 Å². The van der Waals surface area contributed by atoms with Crippen LogP contribution in [0.2, 0.25) is 0 Å². The summed E-state index contributed by atoms with van der Waals surface area (Å²) >= 11 is 1.12. The molecule has 136 valence electrons. The van der Waals surface area contributed by atoms with Crippen LogP contribution in [0, 0.1) is 17.5 Å². The van der Waals surface area contributed by atoms with E-state index in [0.29, 0.717) is 16.7 Å². The summed E-state index contributed by atoms with van der Waals surface area (Å²) in [5, 5.41) is 8.51. The van der Waals surface area contributed by atoms with Crippen molar-refractivity contribution in [2.75, 3.05) is 0 Å². The molecule has 4 aromatic rings. The number of hydrogen-bond donors (Lipinski definition) is 0. The van der Waals surface area contributed by atoms with Gasteiger partial charge in [-0.1, -0.05) is 23.9 Å². The van der Waals surface area contributed by atoms with Gasteiger partial charge in [0.15, 0.2) is 10.9 Å². The molecule has 8 heteroatoms. The van der Waals surface area contributed by atoms with Gasteiger partial charge in [-0.15, -0.1) is 10.2 Å². The average molecular weight is 387 g/mol. The van der Waals surface area contributed by atoms with Crippen molar-refractivity contribution in [1.29, 1.82) is 0 Å². The van der Waals surface area contributed by atoms with Gasteiger partial charge in [0.05, 0.1) is 12.0 Å². The Labute approximate surface area is 156 Å². The Morgan fingerprint density at radius 1 is 0.926 bits per heavy atom. The maximum atomic E-state index is 14.4. The molecule has 0 N–H and O–H groups in total. The van der Waals surface area contributed by atoms with Crippen LogP contribution in [0.1, 0.15) is 5.56 Å². The smallest absolute Gasteiger partial charge is 0.205 e. The summed E-state index contributed by atoms with van der Waals surface area (Å²) < 4.78 is 48.6. The van der Waals surface area contributed by atoms with E-state index >= 15 is 0 Å². The molecule has 27 heavy (non-hydrogen) atoms. The molecule has 0 spiro atoms. The van der Waals surface area contributed by atoms with Crippen LogP contribution in [0.25, 0.3) is 17.3 Å². The summed E-state index contributed by atoms with van der Waals surface area (Å²) in [6.07, 6.45) is 1.48. The first-order valence-corrected chi connectivity index (χ1v) is 8.93. The Kier molecular flexibility index (Phi) is 4.72. The third-order valence-corrected chi connectivity index (χ3v) is 4.81. The summed E-state index contributed by atoms with van der Waals surface area (Å²) in [5.41, 5.74) is 0.416. The fourth-order valence-corrected chi connectivity index (χ4v) is 3.49. The van der Waals surface area contributed by atoms with Gasteiger partial charge in [0, 0.05) is 11.3 Å². The van der Waals surface area contributed by atoms with Gasteiger partial charge < -0.3 is 4.42 Å². The molecule has 0 saturated carbocycles. The van der Waals surface area contributed by atoms with Crippen LogP contribution >= 0.6 is 11.8 Å². The van der Waals surface area contributed by atoms with Crippen molar-refractivity contribution in [3.05, 3.63) is 83.9 Å². The zero-order valence-electron chi connectivity index (χ0n) is 13.8. The monoisotopic (exact) mass is 387 g/mol. The predicted molar refractivity (Wildman–Crippen MR) is 94.9 cm³/mol. The second-order valence-electron chi connectivity index (χ2n) is 5.59. The molecule has 0 unspecified atom stereocenters. The van der Waals surface area contributed by atoms with Gasteiger partial charge in [0.1, 0.15) is 17.5 Å². The normalized spacial score (nSPS) is 11.1. The maximum absolute atomic E-state index is 14.4. The number of nitrogens with zero attached hydrogens (tertiary/aromatic N) is 3. The molecule has 4 nitrogen and oxygen atoms in total. The third-order valence-electron chi connectivity index (χ3n) is 3.83. The van der Waals surface area contributed by atoms with Crippen molar-refractivity contribution in [2.24, 2.45) is 0 Å². The lowest BCUT2D eigenvalue weighted by atomic mass is 10.2. The Hall–Kier alpha value is -3.00. The number of aromatic nitrogens is 3. The summed E-state index contributed by atoms with van der Waals surface area (Å²) in [4.78, 5) is 0. The highest BCUT2D eigenvalue weighted by Gasteiger charge is 2.20. The molecule has 4 rings (SSSR count). The van der Waals surface area contributed by atoms with Crippen LogP contribution in [-0.4, -0.2) is 14.8 Å². The number of para-hydroxylation sites is 1. The molecule has 0 aliphatic rings. The molecule has 0 amide bonds. The highest BCUT2D eigenvalue weighted by Crippen LogP contribution is 2.31. The topological polar surface area (TPSA) is 43.9 Å². The minimum Gasteiger partial charge on any atom is -0.461 e. The second-order valence-corrected chi connectivity index (χ2v) is 6.54. The van der Waals surface area contributed by atoms with Crippen molar-refractivity contribution in [3.63, 3.8) is 0 Å². The van der Waals surface area contributed by atoms with Crippen LogP contribution in [0.4, 0.5) is 13.2 Å². The lowest BCUT2D eigenvalue weighted by molar-refractivity contribution is 0.572. The van der Waals surface area contributed by atoms with E-state index in [1.54, 1.807) is 30.3 Å². The average Bonchev–Trinajstić information content (AvgIpc) is 3.32. The fourth-order valence-electron chi connectivity index (χ4n) is 2.58. The molecule has 0 aliphatic heterocycles. The summed E-state index contributed by atoms with van der Waals surface area (Å²) in [6, 6.07) is 12.8. The van der Waals surface area contributed by atoms with E-state index < -0.39 is 17.5 Å². The summed E-state index contributed by atoms with van der Waals surface area (Å²) in [6.45, 7) is 0. The first-order chi connectivity index (χ1) is 13.1. The molecule has 2 aromatic heterocycles. The van der Waals surface area contributed by atoms with Gasteiger partial charge >= 0.3 is 0 Å². The quantitative estimate of drug-likeness (QED) is 0.440. The number of hydrogen-bond acceptors (Lipinski definition) is 4. The predicted octanol–water partition coefficient (Wildman–Crippen LogP) is 5.24. The molecular formula is C19H12F3N3OS. The maximum Gasteiger partial charge on any atom is 0.205 e. The van der Waals surface area contributed by atoms with Gasteiger partial charge in [0.25, 0.3) is 0 Å². The highest BCUT2D eigenvalue weighted by molar-refractivity contribution is 7.98. The molecule has 0 fully saturated rings. The van der Waals surface area contributed by atoms with Crippen LogP contribution in [0.15, 0.2) is 70.4 Å². The Morgan fingerprint density at radius 3 is 2.56 bits per heavy atom. The van der Waals surface area contributed by atoms with Crippen LogP contribution in [-0.2, 0) is 5.75 Å². The van der Waals surface area contributed by atoms with Gasteiger partial charge in [-0.25, -0.2) is 13.2 Å². The van der Waals surface area contributed by atoms with E-state index in [2.05, 4.69) is 10.2 Å². The standard InChI is InChI=1S/C19H12F3N3OS/c20-13-7-8-14(21)12(10-13)11-27-19-24-23-18(17-6-3-9-26-17)25(19)16-5-2-1-4-15(16)22/h1-10H,11H2. The molecule has 2 aromatic carbocycles. The second kappa shape index (κ2) is 7.32. The van der Waals surface area contributed by atoms with Gasteiger partial charge in [-0.3, -0.25) is 4.57 Å². The van der Waals surface area contributed by atoms with E-state index in [0.717, 1.165) is 30.0 Å². The van der Waals surface area contributed by atoms with Gasteiger partial charge in [0.2, 0.25) is 5.82 Å². The summed E-state index contributed by atoms with van der Waals surface area (Å²) in [5.74, 6) is -0.689. The van der Waals surface area contributed by atoms with Crippen LogP contribution in [0.3, 0.4) is 0 Å². The molecular weight excluding hydrogens is 375 g/mol. The molecule has 0 aliphatic carbocycles.